The summed E-state index contributed by atoms with van der Waals surface area (Å²) in [5, 5.41) is 7.30. The summed E-state index contributed by atoms with van der Waals surface area (Å²) in [6, 6.07) is 2.48. The van der Waals surface area contributed by atoms with Gasteiger partial charge in [0.25, 0.3) is 0 Å². The smallest absolute Gasteiger partial charge is 0.318 e. The molecule has 1 aliphatic carbocycles. The number of carbonyl (C=O) groups excluding carboxylic acids is 1. The van der Waals surface area contributed by atoms with Gasteiger partial charge in [0.2, 0.25) is 0 Å². The lowest BCUT2D eigenvalue weighted by Gasteiger charge is -2.25. The molecule has 0 bridgehead atoms. The Morgan fingerprint density at radius 3 is 2.76 bits per heavy atom. The summed E-state index contributed by atoms with van der Waals surface area (Å²) < 4.78 is 5.49. The molecule has 2 amide bonds. The summed E-state index contributed by atoms with van der Waals surface area (Å²) >= 11 is 0. The Hall–Kier alpha value is -1.52. The van der Waals surface area contributed by atoms with E-state index in [4.69, 9.17) is 4.52 Å². The monoisotopic (exact) mass is 291 g/mol. The third-order valence-corrected chi connectivity index (χ3v) is 4.66. The van der Waals surface area contributed by atoms with Gasteiger partial charge in [-0.25, -0.2) is 4.79 Å². The van der Waals surface area contributed by atoms with Crippen LogP contribution in [0.4, 0.5) is 4.79 Å². The van der Waals surface area contributed by atoms with Crippen LogP contribution in [0.1, 0.15) is 75.8 Å². The Balaban J connectivity index is 1.67. The zero-order valence-electron chi connectivity index (χ0n) is 13.0. The average molecular weight is 291 g/mol. The molecule has 2 aliphatic rings. The van der Waals surface area contributed by atoms with Gasteiger partial charge in [0.15, 0.2) is 5.76 Å². The van der Waals surface area contributed by atoms with Crippen LogP contribution in [0.5, 0.6) is 0 Å². The van der Waals surface area contributed by atoms with Crippen molar-refractivity contribution in [3.8, 4) is 0 Å². The number of urea groups is 1. The van der Waals surface area contributed by atoms with Crippen LogP contribution in [-0.2, 0) is 0 Å². The number of hydrogen-bond donors (Lipinski definition) is 1. The van der Waals surface area contributed by atoms with Crippen LogP contribution < -0.4 is 5.32 Å². The first-order valence-electron chi connectivity index (χ1n) is 8.19. The normalized spacial score (nSPS) is 23.2. The minimum absolute atomic E-state index is 0.0476. The van der Waals surface area contributed by atoms with Gasteiger partial charge in [-0.1, -0.05) is 31.8 Å². The van der Waals surface area contributed by atoms with Crippen LogP contribution >= 0.6 is 0 Å². The number of carbonyl (C=O) groups is 1. The Bertz CT molecular complexity index is 491. The number of nitrogens with one attached hydrogen (secondary N) is 1. The maximum absolute atomic E-state index is 12.5. The summed E-state index contributed by atoms with van der Waals surface area (Å²) in [6.07, 6.45) is 6.68. The van der Waals surface area contributed by atoms with Crippen molar-refractivity contribution in [2.75, 3.05) is 6.54 Å². The molecule has 5 heteroatoms. The maximum Gasteiger partial charge on any atom is 0.318 e. The molecule has 0 radical (unpaired) electrons. The van der Waals surface area contributed by atoms with Gasteiger partial charge in [0.05, 0.1) is 11.7 Å². The lowest BCUT2D eigenvalue weighted by Crippen LogP contribution is -2.43. The highest BCUT2D eigenvalue weighted by atomic mass is 16.5. The van der Waals surface area contributed by atoms with E-state index >= 15 is 0 Å². The molecule has 21 heavy (non-hydrogen) atoms. The largest absolute Gasteiger partial charge is 0.359 e. The molecule has 1 N–H and O–H groups in total. The third kappa shape index (κ3) is 3.06. The van der Waals surface area contributed by atoms with E-state index in [1.54, 1.807) is 0 Å². The van der Waals surface area contributed by atoms with Crippen molar-refractivity contribution in [1.29, 1.82) is 0 Å². The predicted molar refractivity (Wildman–Crippen MR) is 80.1 cm³/mol. The summed E-state index contributed by atoms with van der Waals surface area (Å²) in [6.45, 7) is 5.00. The molecule has 1 aromatic heterocycles. The van der Waals surface area contributed by atoms with Gasteiger partial charge in [0.1, 0.15) is 0 Å². The first-order valence-corrected chi connectivity index (χ1v) is 8.19. The van der Waals surface area contributed by atoms with Gasteiger partial charge in [-0.05, 0) is 31.6 Å². The van der Waals surface area contributed by atoms with Crippen LogP contribution in [0.3, 0.4) is 0 Å². The minimum Gasteiger partial charge on any atom is -0.359 e. The first kappa shape index (κ1) is 14.4. The fourth-order valence-electron chi connectivity index (χ4n) is 3.37. The first-order chi connectivity index (χ1) is 10.1. The van der Waals surface area contributed by atoms with E-state index in [1.807, 2.05) is 11.0 Å². The van der Waals surface area contributed by atoms with Gasteiger partial charge >= 0.3 is 6.03 Å². The summed E-state index contributed by atoms with van der Waals surface area (Å²) in [5.74, 6) is 1.18. The second-order valence-electron chi connectivity index (χ2n) is 6.59. The molecule has 116 valence electrons. The fraction of sp³-hybridized carbons (Fsp3) is 0.750. The van der Waals surface area contributed by atoms with Gasteiger partial charge in [-0.3, -0.25) is 0 Å². The van der Waals surface area contributed by atoms with Crippen molar-refractivity contribution >= 4 is 6.03 Å². The van der Waals surface area contributed by atoms with E-state index in [1.165, 1.54) is 12.8 Å². The van der Waals surface area contributed by atoms with Gasteiger partial charge in [-0.15, -0.1) is 0 Å². The quantitative estimate of drug-likeness (QED) is 0.926. The molecular formula is C16H25N3O2. The number of hydrogen-bond acceptors (Lipinski definition) is 3. The number of aromatic nitrogens is 1. The molecule has 5 nitrogen and oxygen atoms in total. The fourth-order valence-corrected chi connectivity index (χ4v) is 3.37. The summed E-state index contributed by atoms with van der Waals surface area (Å²) in [7, 11) is 0. The standard InChI is InChI=1S/C16H25N3O2/c1-11(2)13-10-15(21-18-13)14-8-5-9-19(14)16(20)17-12-6-3-4-7-12/h10-12,14H,3-9H2,1-2H3,(H,17,20)/t14-/m0/s1. The zero-order chi connectivity index (χ0) is 14.8. The Morgan fingerprint density at radius 1 is 1.33 bits per heavy atom. The SMILES string of the molecule is CC(C)c1cc([C@@H]2CCCN2C(=O)NC2CCCC2)on1. The highest BCUT2D eigenvalue weighted by Crippen LogP contribution is 2.33. The third-order valence-electron chi connectivity index (χ3n) is 4.66. The van der Waals surface area contributed by atoms with Crippen molar-refractivity contribution < 1.29 is 9.32 Å². The van der Waals surface area contributed by atoms with Gasteiger partial charge in [0, 0.05) is 18.7 Å². The van der Waals surface area contributed by atoms with Gasteiger partial charge < -0.3 is 14.7 Å². The van der Waals surface area contributed by atoms with E-state index in [2.05, 4.69) is 24.3 Å². The highest BCUT2D eigenvalue weighted by molar-refractivity contribution is 5.75. The molecule has 2 heterocycles. The molecular weight excluding hydrogens is 266 g/mol. The molecule has 1 atom stereocenters. The van der Waals surface area contributed by atoms with Gasteiger partial charge in [-0.2, -0.15) is 0 Å². The molecule has 1 aromatic rings. The highest BCUT2D eigenvalue weighted by Gasteiger charge is 2.34. The van der Waals surface area contributed by atoms with Crippen LogP contribution in [0.2, 0.25) is 0 Å². The predicted octanol–water partition coefficient (Wildman–Crippen LogP) is 3.59. The summed E-state index contributed by atoms with van der Waals surface area (Å²) in [4.78, 5) is 14.4. The lowest BCUT2D eigenvalue weighted by molar-refractivity contribution is 0.178. The van der Waals surface area contributed by atoms with E-state index in [9.17, 15) is 4.79 Å². The second-order valence-corrected chi connectivity index (χ2v) is 6.59. The molecule has 0 aromatic carbocycles. The van der Waals surface area contributed by atoms with Crippen LogP contribution in [-0.4, -0.2) is 28.7 Å². The van der Waals surface area contributed by atoms with Crippen LogP contribution in [0.25, 0.3) is 0 Å². The molecule has 1 aliphatic heterocycles. The molecule has 0 unspecified atom stereocenters. The molecule has 3 rings (SSSR count). The van der Waals surface area contributed by atoms with Crippen molar-refractivity contribution in [2.45, 2.75) is 70.4 Å². The maximum atomic E-state index is 12.5. The minimum atomic E-state index is 0.0476. The Morgan fingerprint density at radius 2 is 2.10 bits per heavy atom. The number of nitrogens with zero attached hydrogens (tertiary/aromatic N) is 2. The molecule has 0 spiro atoms. The number of likely N-dealkylation sites (tertiary alicyclic amines) is 1. The Kier molecular flexibility index (Phi) is 4.17. The van der Waals surface area contributed by atoms with Crippen molar-refractivity contribution in [2.24, 2.45) is 0 Å². The van der Waals surface area contributed by atoms with Crippen LogP contribution in [0, 0.1) is 0 Å². The van der Waals surface area contributed by atoms with E-state index in [-0.39, 0.29) is 12.1 Å². The van der Waals surface area contributed by atoms with Crippen molar-refractivity contribution in [1.82, 2.24) is 15.4 Å². The van der Waals surface area contributed by atoms with E-state index in [0.29, 0.717) is 12.0 Å². The second kappa shape index (κ2) is 6.08. The molecule has 1 saturated heterocycles. The number of amides is 2. The zero-order valence-corrected chi connectivity index (χ0v) is 13.0. The van der Waals surface area contributed by atoms with E-state index < -0.39 is 0 Å². The molecule has 1 saturated carbocycles. The Labute approximate surface area is 126 Å². The average Bonchev–Trinajstić information content (AvgIpc) is 3.19. The topological polar surface area (TPSA) is 58.4 Å². The number of rotatable bonds is 3. The van der Waals surface area contributed by atoms with Crippen molar-refractivity contribution in [3.63, 3.8) is 0 Å². The van der Waals surface area contributed by atoms with Crippen LogP contribution in [0.15, 0.2) is 10.6 Å². The van der Waals surface area contributed by atoms with E-state index in [0.717, 1.165) is 43.7 Å². The molecule has 2 fully saturated rings. The summed E-state index contributed by atoms with van der Waals surface area (Å²) in [5.41, 5.74) is 0.966. The lowest BCUT2D eigenvalue weighted by atomic mass is 10.1. The van der Waals surface area contributed by atoms with Crippen molar-refractivity contribution in [3.05, 3.63) is 17.5 Å².